The van der Waals surface area contributed by atoms with E-state index in [-0.39, 0.29) is 26.2 Å². The summed E-state index contributed by atoms with van der Waals surface area (Å²) in [5, 5.41) is 0. The maximum absolute atomic E-state index is 12.3. The predicted molar refractivity (Wildman–Crippen MR) is 86.8 cm³/mol. The highest BCUT2D eigenvalue weighted by Crippen LogP contribution is 2.16. The molecule has 1 amide bonds. The van der Waals surface area contributed by atoms with Crippen LogP contribution in [-0.4, -0.2) is 61.0 Å². The molecule has 0 aliphatic carbocycles. The van der Waals surface area contributed by atoms with Crippen LogP contribution in [0.25, 0.3) is 0 Å². The van der Waals surface area contributed by atoms with E-state index in [0.717, 1.165) is 4.90 Å². The van der Waals surface area contributed by atoms with Gasteiger partial charge in [0.05, 0.1) is 19.8 Å². The Balaban J connectivity index is 5.48. The number of ether oxygens (including phenoxy) is 4. The van der Waals surface area contributed by atoms with Crippen molar-refractivity contribution in [2.24, 2.45) is 0 Å². The Hall–Kier alpha value is -2.32. The molecule has 2 atom stereocenters. The van der Waals surface area contributed by atoms with Crippen molar-refractivity contribution in [3.63, 3.8) is 0 Å². The molecule has 9 heteroatoms. The minimum Gasteiger partial charge on any atom is -0.464 e. The molecule has 0 bridgehead atoms. The van der Waals surface area contributed by atoms with Crippen LogP contribution in [0.2, 0.25) is 0 Å². The Morgan fingerprint density at radius 1 is 0.840 bits per heavy atom. The summed E-state index contributed by atoms with van der Waals surface area (Å²) < 4.78 is 19.0. The van der Waals surface area contributed by atoms with Crippen LogP contribution in [0.4, 0.5) is 9.59 Å². The molecule has 0 fully saturated rings. The second kappa shape index (κ2) is 12.1. The first-order chi connectivity index (χ1) is 11.8. The smallest absolute Gasteiger partial charge is 0.464 e. The summed E-state index contributed by atoms with van der Waals surface area (Å²) in [7, 11) is 0. The molecule has 9 nitrogen and oxygen atoms in total. The van der Waals surface area contributed by atoms with Crippen molar-refractivity contribution < 1.29 is 38.1 Å². The maximum Gasteiger partial charge on any atom is 0.516 e. The molecule has 0 N–H and O–H groups in total. The molecule has 0 spiro atoms. The number of rotatable bonds is 9. The second-order valence-electron chi connectivity index (χ2n) is 4.94. The monoisotopic (exact) mass is 361 g/mol. The van der Waals surface area contributed by atoms with E-state index in [2.05, 4.69) is 9.47 Å². The number of nitrogens with zero attached hydrogens (tertiary/aromatic N) is 1. The molecule has 0 aromatic heterocycles. The van der Waals surface area contributed by atoms with Gasteiger partial charge in [0, 0.05) is 0 Å². The third-order valence-electron chi connectivity index (χ3n) is 3.14. The van der Waals surface area contributed by atoms with Gasteiger partial charge in [-0.05, 0) is 34.1 Å². The van der Waals surface area contributed by atoms with Crippen molar-refractivity contribution in [1.29, 1.82) is 0 Å². The number of hydrogen-bond acceptors (Lipinski definition) is 8. The van der Waals surface area contributed by atoms with E-state index < -0.39 is 36.3 Å². The Kier molecular flexibility index (Phi) is 11.0. The third kappa shape index (κ3) is 7.40. The summed E-state index contributed by atoms with van der Waals surface area (Å²) in [6.45, 7) is 8.14. The second-order valence-corrected chi connectivity index (χ2v) is 4.94. The summed E-state index contributed by atoms with van der Waals surface area (Å²) in [6.07, 6.45) is -1.23. The van der Waals surface area contributed by atoms with E-state index in [1.165, 1.54) is 6.92 Å². The Bertz CT molecular complexity index is 465. The summed E-state index contributed by atoms with van der Waals surface area (Å²) in [5.74, 6) is -1.69. The lowest BCUT2D eigenvalue weighted by Crippen LogP contribution is -2.53. The lowest BCUT2D eigenvalue weighted by molar-refractivity contribution is -0.154. The SMILES string of the molecule is CCC[C@@H](C(=O)OCC)N(C(=O)OCC)[C@@H](C)C(=O)OC(=O)OCC. The normalized spacial score (nSPS) is 12.5. The van der Waals surface area contributed by atoms with Crippen LogP contribution in [0.5, 0.6) is 0 Å². The highest BCUT2D eigenvalue weighted by atomic mass is 16.7. The zero-order valence-electron chi connectivity index (χ0n) is 15.4. The van der Waals surface area contributed by atoms with E-state index in [4.69, 9.17) is 9.47 Å². The summed E-state index contributed by atoms with van der Waals surface area (Å²) >= 11 is 0. The first-order valence-electron chi connectivity index (χ1n) is 8.33. The average molecular weight is 361 g/mol. The van der Waals surface area contributed by atoms with Gasteiger partial charge in [0.1, 0.15) is 12.1 Å². The summed E-state index contributed by atoms with van der Waals surface area (Å²) in [6, 6.07) is -2.28. The van der Waals surface area contributed by atoms with Crippen molar-refractivity contribution in [1.82, 2.24) is 4.90 Å². The zero-order chi connectivity index (χ0) is 19.4. The van der Waals surface area contributed by atoms with Crippen LogP contribution in [0.1, 0.15) is 47.5 Å². The Morgan fingerprint density at radius 2 is 1.40 bits per heavy atom. The van der Waals surface area contributed by atoms with E-state index in [9.17, 15) is 19.2 Å². The predicted octanol–water partition coefficient (Wildman–Crippen LogP) is 2.26. The number of hydrogen-bond donors (Lipinski definition) is 0. The molecule has 0 aliphatic heterocycles. The summed E-state index contributed by atoms with van der Waals surface area (Å²) in [5.41, 5.74) is 0. The van der Waals surface area contributed by atoms with Gasteiger partial charge in [0.25, 0.3) is 0 Å². The van der Waals surface area contributed by atoms with Crippen LogP contribution in [0, 0.1) is 0 Å². The standard InChI is InChI=1S/C16H27NO8/c1-6-10-12(14(19)22-7-2)17(15(20)23-8-3)11(5)13(18)25-16(21)24-9-4/h11-12H,6-10H2,1-5H3/t11-,12-/m0/s1. The van der Waals surface area contributed by atoms with Gasteiger partial charge >= 0.3 is 24.2 Å². The topological polar surface area (TPSA) is 108 Å². The van der Waals surface area contributed by atoms with E-state index in [1.54, 1.807) is 20.8 Å². The van der Waals surface area contributed by atoms with Gasteiger partial charge < -0.3 is 18.9 Å². The molecule has 0 aromatic rings. The number of amides is 1. The van der Waals surface area contributed by atoms with Crippen LogP contribution in [-0.2, 0) is 28.5 Å². The minimum absolute atomic E-state index is 0.0311. The Morgan fingerprint density at radius 3 is 1.88 bits per heavy atom. The number of carbonyl (C=O) groups excluding carboxylic acids is 4. The molecular formula is C16H27NO8. The van der Waals surface area contributed by atoms with Crippen LogP contribution >= 0.6 is 0 Å². The lowest BCUT2D eigenvalue weighted by Gasteiger charge is -2.32. The number of esters is 2. The zero-order valence-corrected chi connectivity index (χ0v) is 15.4. The first kappa shape index (κ1) is 22.7. The van der Waals surface area contributed by atoms with Gasteiger partial charge in [-0.3, -0.25) is 4.90 Å². The molecule has 0 unspecified atom stereocenters. The molecule has 0 aliphatic rings. The van der Waals surface area contributed by atoms with E-state index >= 15 is 0 Å². The minimum atomic E-state index is -1.25. The van der Waals surface area contributed by atoms with Gasteiger partial charge in [-0.25, -0.2) is 19.2 Å². The molecule has 0 heterocycles. The van der Waals surface area contributed by atoms with Crippen LogP contribution in [0.15, 0.2) is 0 Å². The quantitative estimate of drug-likeness (QED) is 0.349. The van der Waals surface area contributed by atoms with Gasteiger partial charge in [0.2, 0.25) is 0 Å². The molecule has 144 valence electrons. The lowest BCUT2D eigenvalue weighted by atomic mass is 10.1. The van der Waals surface area contributed by atoms with Crippen molar-refractivity contribution in [2.75, 3.05) is 19.8 Å². The fourth-order valence-corrected chi connectivity index (χ4v) is 2.06. The molecular weight excluding hydrogens is 334 g/mol. The molecule has 0 aromatic carbocycles. The first-order valence-corrected chi connectivity index (χ1v) is 8.33. The molecule has 25 heavy (non-hydrogen) atoms. The fraction of sp³-hybridized carbons (Fsp3) is 0.750. The van der Waals surface area contributed by atoms with E-state index in [0.29, 0.717) is 6.42 Å². The molecule has 0 saturated carbocycles. The van der Waals surface area contributed by atoms with Gasteiger partial charge in [-0.1, -0.05) is 13.3 Å². The van der Waals surface area contributed by atoms with Gasteiger partial charge in [-0.15, -0.1) is 0 Å². The largest absolute Gasteiger partial charge is 0.516 e. The average Bonchev–Trinajstić information content (AvgIpc) is 2.54. The molecule has 0 saturated heterocycles. The van der Waals surface area contributed by atoms with E-state index in [1.807, 2.05) is 6.92 Å². The number of carbonyl (C=O) groups is 4. The molecule has 0 radical (unpaired) electrons. The van der Waals surface area contributed by atoms with Gasteiger partial charge in [-0.2, -0.15) is 0 Å². The van der Waals surface area contributed by atoms with Gasteiger partial charge in [0.15, 0.2) is 0 Å². The van der Waals surface area contributed by atoms with Crippen LogP contribution < -0.4 is 0 Å². The van der Waals surface area contributed by atoms with Crippen molar-refractivity contribution in [3.8, 4) is 0 Å². The van der Waals surface area contributed by atoms with Crippen molar-refractivity contribution in [3.05, 3.63) is 0 Å². The maximum atomic E-state index is 12.3. The van der Waals surface area contributed by atoms with Crippen molar-refractivity contribution in [2.45, 2.75) is 59.5 Å². The van der Waals surface area contributed by atoms with Crippen molar-refractivity contribution >= 4 is 24.2 Å². The Labute approximate surface area is 147 Å². The van der Waals surface area contributed by atoms with Crippen LogP contribution in [0.3, 0.4) is 0 Å². The fourth-order valence-electron chi connectivity index (χ4n) is 2.06. The molecule has 0 rings (SSSR count). The summed E-state index contributed by atoms with van der Waals surface area (Å²) in [4.78, 5) is 48.9. The third-order valence-corrected chi connectivity index (χ3v) is 3.14. The highest BCUT2D eigenvalue weighted by molar-refractivity contribution is 5.90. The highest BCUT2D eigenvalue weighted by Gasteiger charge is 2.39.